The van der Waals surface area contributed by atoms with Crippen molar-refractivity contribution in [2.24, 2.45) is 0 Å². The van der Waals surface area contributed by atoms with Crippen molar-refractivity contribution in [3.8, 4) is 5.75 Å². The second-order valence-electron chi connectivity index (χ2n) is 5.63. The summed E-state index contributed by atoms with van der Waals surface area (Å²) in [7, 11) is 1.62. The second kappa shape index (κ2) is 8.67. The van der Waals surface area contributed by atoms with Crippen molar-refractivity contribution in [1.82, 2.24) is 10.6 Å². The number of hydrogen-bond acceptors (Lipinski definition) is 3. The predicted molar refractivity (Wildman–Crippen MR) is 84.8 cm³/mol. The van der Waals surface area contributed by atoms with E-state index in [0.717, 1.165) is 12.3 Å². The van der Waals surface area contributed by atoms with Gasteiger partial charge in [-0.1, -0.05) is 25.7 Å². The van der Waals surface area contributed by atoms with Gasteiger partial charge >= 0.3 is 0 Å². The minimum absolute atomic E-state index is 0.0275. The summed E-state index contributed by atoms with van der Waals surface area (Å²) < 4.78 is 5.08. The molecule has 0 radical (unpaired) electrons. The molecule has 0 unspecified atom stereocenters. The molecule has 0 aliphatic heterocycles. The number of ether oxygens (including phenoxy) is 1. The van der Waals surface area contributed by atoms with E-state index in [4.69, 9.17) is 4.74 Å². The summed E-state index contributed by atoms with van der Waals surface area (Å²) in [5, 5.41) is 6.50. The zero-order valence-electron chi connectivity index (χ0n) is 12.9. The standard InChI is InChI=1S/C17H26N2O2/c1-21-16-10-8-14(9-11-16)17(20)19-13-12-18-15-6-4-2-3-5-7-15/h8-11,15,18H,2-7,12-13H2,1H3,(H,19,20). The highest BCUT2D eigenvalue weighted by molar-refractivity contribution is 5.94. The summed E-state index contributed by atoms with van der Waals surface area (Å²) in [5.41, 5.74) is 0.672. The van der Waals surface area contributed by atoms with Gasteiger partial charge in [-0.05, 0) is 37.1 Å². The third-order valence-corrected chi connectivity index (χ3v) is 4.05. The first-order valence-electron chi connectivity index (χ1n) is 7.95. The quantitative estimate of drug-likeness (QED) is 0.625. The van der Waals surface area contributed by atoms with Crippen LogP contribution in [0.15, 0.2) is 24.3 Å². The first kappa shape index (κ1) is 15.8. The number of amides is 1. The van der Waals surface area contributed by atoms with Gasteiger partial charge in [0.2, 0.25) is 0 Å². The molecule has 1 amide bonds. The molecule has 0 bridgehead atoms. The molecule has 21 heavy (non-hydrogen) atoms. The molecule has 0 spiro atoms. The van der Waals surface area contributed by atoms with E-state index in [1.807, 2.05) is 0 Å². The van der Waals surface area contributed by atoms with E-state index in [1.54, 1.807) is 31.4 Å². The highest BCUT2D eigenvalue weighted by atomic mass is 16.5. The number of rotatable bonds is 6. The topological polar surface area (TPSA) is 50.4 Å². The van der Waals surface area contributed by atoms with Gasteiger partial charge in [0, 0.05) is 24.7 Å². The fraction of sp³-hybridized carbons (Fsp3) is 0.588. The van der Waals surface area contributed by atoms with Crippen LogP contribution in [-0.4, -0.2) is 32.1 Å². The molecule has 0 aromatic heterocycles. The van der Waals surface area contributed by atoms with E-state index in [9.17, 15) is 4.79 Å². The average molecular weight is 290 g/mol. The lowest BCUT2D eigenvalue weighted by atomic mass is 10.1. The van der Waals surface area contributed by atoms with E-state index in [-0.39, 0.29) is 5.91 Å². The summed E-state index contributed by atoms with van der Waals surface area (Å²) >= 11 is 0. The van der Waals surface area contributed by atoms with E-state index in [1.165, 1.54) is 38.5 Å². The van der Waals surface area contributed by atoms with Crippen LogP contribution in [0.2, 0.25) is 0 Å². The van der Waals surface area contributed by atoms with Crippen LogP contribution in [0.1, 0.15) is 48.9 Å². The van der Waals surface area contributed by atoms with Gasteiger partial charge in [-0.2, -0.15) is 0 Å². The second-order valence-corrected chi connectivity index (χ2v) is 5.63. The van der Waals surface area contributed by atoms with Crippen LogP contribution in [0.25, 0.3) is 0 Å². The Balaban J connectivity index is 1.66. The third-order valence-electron chi connectivity index (χ3n) is 4.05. The minimum atomic E-state index is -0.0275. The predicted octanol–water partition coefficient (Wildman–Crippen LogP) is 2.74. The van der Waals surface area contributed by atoms with Crippen LogP contribution in [0.4, 0.5) is 0 Å². The average Bonchev–Trinajstić information content (AvgIpc) is 2.80. The maximum absolute atomic E-state index is 12.0. The smallest absolute Gasteiger partial charge is 0.251 e. The first-order chi connectivity index (χ1) is 10.3. The number of benzene rings is 1. The number of hydrogen-bond donors (Lipinski definition) is 2. The summed E-state index contributed by atoms with van der Waals surface area (Å²) in [5.74, 6) is 0.738. The summed E-state index contributed by atoms with van der Waals surface area (Å²) in [4.78, 5) is 12.0. The molecule has 1 aromatic carbocycles. The van der Waals surface area contributed by atoms with E-state index >= 15 is 0 Å². The molecule has 0 heterocycles. The lowest BCUT2D eigenvalue weighted by Gasteiger charge is -2.16. The van der Waals surface area contributed by atoms with Gasteiger partial charge in [0.1, 0.15) is 5.75 Å². The van der Waals surface area contributed by atoms with E-state index < -0.39 is 0 Å². The third kappa shape index (κ3) is 5.38. The van der Waals surface area contributed by atoms with Crippen molar-refractivity contribution in [2.75, 3.05) is 20.2 Å². The highest BCUT2D eigenvalue weighted by Crippen LogP contribution is 2.16. The van der Waals surface area contributed by atoms with Gasteiger partial charge in [-0.15, -0.1) is 0 Å². The lowest BCUT2D eigenvalue weighted by Crippen LogP contribution is -2.36. The molecule has 2 rings (SSSR count). The van der Waals surface area contributed by atoms with Crippen LogP contribution >= 0.6 is 0 Å². The van der Waals surface area contributed by atoms with Crippen molar-refractivity contribution in [3.63, 3.8) is 0 Å². The number of nitrogens with one attached hydrogen (secondary N) is 2. The number of carbonyl (C=O) groups is 1. The molecule has 0 saturated heterocycles. The fourth-order valence-electron chi connectivity index (χ4n) is 2.78. The molecule has 4 nitrogen and oxygen atoms in total. The van der Waals surface area contributed by atoms with Crippen molar-refractivity contribution >= 4 is 5.91 Å². The normalized spacial score (nSPS) is 16.2. The van der Waals surface area contributed by atoms with Gasteiger partial charge in [0.05, 0.1) is 7.11 Å². The molecular weight excluding hydrogens is 264 g/mol. The minimum Gasteiger partial charge on any atom is -0.497 e. The Labute approximate surface area is 127 Å². The molecule has 1 aliphatic rings. The Morgan fingerprint density at radius 2 is 1.76 bits per heavy atom. The van der Waals surface area contributed by atoms with Crippen molar-refractivity contribution < 1.29 is 9.53 Å². The van der Waals surface area contributed by atoms with Crippen molar-refractivity contribution in [3.05, 3.63) is 29.8 Å². The van der Waals surface area contributed by atoms with Crippen LogP contribution in [0.3, 0.4) is 0 Å². The van der Waals surface area contributed by atoms with Crippen LogP contribution in [-0.2, 0) is 0 Å². The highest BCUT2D eigenvalue weighted by Gasteiger charge is 2.11. The van der Waals surface area contributed by atoms with E-state index in [2.05, 4.69) is 10.6 Å². The largest absolute Gasteiger partial charge is 0.497 e. The zero-order valence-corrected chi connectivity index (χ0v) is 12.9. The zero-order chi connectivity index (χ0) is 14.9. The Morgan fingerprint density at radius 3 is 2.38 bits per heavy atom. The van der Waals surface area contributed by atoms with Gasteiger partial charge < -0.3 is 15.4 Å². The molecule has 1 saturated carbocycles. The maximum atomic E-state index is 12.0. The van der Waals surface area contributed by atoms with Crippen LogP contribution in [0, 0.1) is 0 Å². The van der Waals surface area contributed by atoms with Gasteiger partial charge in [-0.3, -0.25) is 4.79 Å². The number of methoxy groups -OCH3 is 1. The molecular formula is C17H26N2O2. The van der Waals surface area contributed by atoms with Crippen molar-refractivity contribution in [2.45, 2.75) is 44.6 Å². The Hall–Kier alpha value is -1.55. The summed E-state index contributed by atoms with van der Waals surface area (Å²) in [6.45, 7) is 1.51. The van der Waals surface area contributed by atoms with Crippen LogP contribution < -0.4 is 15.4 Å². The molecule has 2 N–H and O–H groups in total. The molecule has 1 aromatic rings. The van der Waals surface area contributed by atoms with Crippen molar-refractivity contribution in [1.29, 1.82) is 0 Å². The molecule has 0 atom stereocenters. The molecule has 116 valence electrons. The van der Waals surface area contributed by atoms with Gasteiger partial charge in [0.15, 0.2) is 0 Å². The molecule has 4 heteroatoms. The maximum Gasteiger partial charge on any atom is 0.251 e. The Morgan fingerprint density at radius 1 is 1.10 bits per heavy atom. The summed E-state index contributed by atoms with van der Waals surface area (Å²) in [6, 6.07) is 7.81. The monoisotopic (exact) mass is 290 g/mol. The van der Waals surface area contributed by atoms with Gasteiger partial charge in [0.25, 0.3) is 5.91 Å². The van der Waals surface area contributed by atoms with Crippen LogP contribution in [0.5, 0.6) is 5.75 Å². The van der Waals surface area contributed by atoms with E-state index in [0.29, 0.717) is 18.2 Å². The van der Waals surface area contributed by atoms with Gasteiger partial charge in [-0.25, -0.2) is 0 Å². The lowest BCUT2D eigenvalue weighted by molar-refractivity contribution is 0.0953. The summed E-state index contributed by atoms with van der Waals surface area (Å²) in [6.07, 6.45) is 7.93. The molecule has 1 aliphatic carbocycles. The first-order valence-corrected chi connectivity index (χ1v) is 7.95. The molecule has 1 fully saturated rings. The fourth-order valence-corrected chi connectivity index (χ4v) is 2.78. The number of carbonyl (C=O) groups excluding carboxylic acids is 1. The Kier molecular flexibility index (Phi) is 6.54. The SMILES string of the molecule is COc1ccc(C(=O)NCCNC2CCCCCC2)cc1. The Bertz CT molecular complexity index is 423.